The van der Waals surface area contributed by atoms with Crippen LogP contribution in [0.2, 0.25) is 0 Å². The van der Waals surface area contributed by atoms with Gasteiger partial charge in [0.25, 0.3) is 5.91 Å². The second kappa shape index (κ2) is 4.27. The van der Waals surface area contributed by atoms with Gasteiger partial charge in [0.1, 0.15) is 5.66 Å². The highest BCUT2D eigenvalue weighted by atomic mass is 19.4. The maximum Gasteiger partial charge on any atom is 0.426 e. The van der Waals surface area contributed by atoms with Crippen LogP contribution in [0.3, 0.4) is 0 Å². The molecule has 3 atom stereocenters. The first-order valence-electron chi connectivity index (χ1n) is 7.67. The number of anilines is 1. The molecule has 23 heavy (non-hydrogen) atoms. The van der Waals surface area contributed by atoms with Crippen LogP contribution in [0.5, 0.6) is 0 Å². The molecule has 0 aromatic heterocycles. The standard InChI is InChI=1S/C16H17F3N2O2/c1-20-9-10-5-2-3-6-11(10)21-13(22)15(23,16(17,18)19)12-7-4-8-14(12,20)21/h2-3,5-6,12,23H,4,7-9H2,1H3/t12-,14+,15-/m0/s1. The molecule has 3 aliphatic rings. The summed E-state index contributed by atoms with van der Waals surface area (Å²) in [4.78, 5) is 15.8. The smallest absolute Gasteiger partial charge is 0.372 e. The van der Waals surface area contributed by atoms with E-state index < -0.39 is 29.3 Å². The molecule has 2 aliphatic heterocycles. The SMILES string of the molecule is CN1Cc2ccccc2N2C(=O)[C@](O)(C(F)(F)F)[C@H]3CCC[C@@]312. The summed E-state index contributed by atoms with van der Waals surface area (Å²) in [6, 6.07) is 6.98. The molecule has 4 rings (SSSR count). The first-order valence-corrected chi connectivity index (χ1v) is 7.67. The minimum atomic E-state index is -4.99. The zero-order chi connectivity index (χ0) is 16.6. The number of nitrogens with zero attached hydrogens (tertiary/aromatic N) is 2. The van der Waals surface area contributed by atoms with E-state index in [1.807, 2.05) is 0 Å². The number of benzene rings is 1. The fourth-order valence-corrected chi connectivity index (χ4v) is 4.80. The fourth-order valence-electron chi connectivity index (χ4n) is 4.80. The Morgan fingerprint density at radius 1 is 1.30 bits per heavy atom. The largest absolute Gasteiger partial charge is 0.426 e. The molecule has 1 spiro atoms. The Morgan fingerprint density at radius 3 is 2.70 bits per heavy atom. The van der Waals surface area contributed by atoms with Gasteiger partial charge in [-0.25, -0.2) is 0 Å². The number of halogens is 3. The first kappa shape index (κ1) is 15.0. The molecule has 7 heteroatoms. The van der Waals surface area contributed by atoms with E-state index in [4.69, 9.17) is 0 Å². The summed E-state index contributed by atoms with van der Waals surface area (Å²) in [7, 11) is 1.73. The predicted molar refractivity (Wildman–Crippen MR) is 76.5 cm³/mol. The third kappa shape index (κ3) is 1.52. The van der Waals surface area contributed by atoms with Gasteiger partial charge >= 0.3 is 6.18 Å². The molecule has 0 unspecified atom stereocenters. The second-order valence-corrected chi connectivity index (χ2v) is 6.71. The summed E-state index contributed by atoms with van der Waals surface area (Å²) in [5.74, 6) is -2.41. The van der Waals surface area contributed by atoms with E-state index in [-0.39, 0.29) is 6.42 Å². The van der Waals surface area contributed by atoms with Crippen molar-refractivity contribution in [2.75, 3.05) is 11.9 Å². The molecule has 2 fully saturated rings. The maximum absolute atomic E-state index is 13.7. The van der Waals surface area contributed by atoms with Crippen LogP contribution in [0.15, 0.2) is 24.3 Å². The highest BCUT2D eigenvalue weighted by Crippen LogP contribution is 2.61. The third-order valence-electron chi connectivity index (χ3n) is 5.75. The van der Waals surface area contributed by atoms with Crippen molar-refractivity contribution in [3.05, 3.63) is 29.8 Å². The van der Waals surface area contributed by atoms with E-state index in [2.05, 4.69) is 0 Å². The van der Waals surface area contributed by atoms with Gasteiger partial charge in [-0.15, -0.1) is 0 Å². The van der Waals surface area contributed by atoms with E-state index in [0.717, 1.165) is 5.56 Å². The topological polar surface area (TPSA) is 43.8 Å². The van der Waals surface area contributed by atoms with Crippen LogP contribution in [-0.4, -0.2) is 40.4 Å². The first-order chi connectivity index (χ1) is 10.7. The predicted octanol–water partition coefficient (Wildman–Crippen LogP) is 2.27. The van der Waals surface area contributed by atoms with E-state index in [0.29, 0.717) is 25.1 Å². The van der Waals surface area contributed by atoms with Gasteiger partial charge in [0.2, 0.25) is 5.60 Å². The Morgan fingerprint density at radius 2 is 2.00 bits per heavy atom. The van der Waals surface area contributed by atoms with Crippen molar-refractivity contribution in [3.63, 3.8) is 0 Å². The van der Waals surface area contributed by atoms with Crippen LogP contribution >= 0.6 is 0 Å². The van der Waals surface area contributed by atoms with Crippen molar-refractivity contribution in [2.24, 2.45) is 5.92 Å². The quantitative estimate of drug-likeness (QED) is 0.795. The highest BCUT2D eigenvalue weighted by Gasteiger charge is 2.79. The molecule has 1 aromatic rings. The molecule has 1 aromatic carbocycles. The van der Waals surface area contributed by atoms with E-state index in [1.165, 1.54) is 4.90 Å². The van der Waals surface area contributed by atoms with E-state index in [1.54, 1.807) is 36.2 Å². The van der Waals surface area contributed by atoms with Gasteiger partial charge in [0.15, 0.2) is 0 Å². The lowest BCUT2D eigenvalue weighted by molar-refractivity contribution is -0.265. The van der Waals surface area contributed by atoms with Crippen molar-refractivity contribution in [1.29, 1.82) is 0 Å². The minimum absolute atomic E-state index is 0.185. The molecule has 1 amide bonds. The highest BCUT2D eigenvalue weighted by molar-refractivity contribution is 6.05. The van der Waals surface area contributed by atoms with Gasteiger partial charge < -0.3 is 5.11 Å². The van der Waals surface area contributed by atoms with Gasteiger partial charge in [0, 0.05) is 12.5 Å². The Hall–Kier alpha value is -1.60. The molecule has 124 valence electrons. The number of carbonyl (C=O) groups excluding carboxylic acids is 1. The summed E-state index contributed by atoms with van der Waals surface area (Å²) >= 11 is 0. The third-order valence-corrected chi connectivity index (χ3v) is 5.75. The molecular weight excluding hydrogens is 309 g/mol. The Kier molecular flexibility index (Phi) is 2.78. The summed E-state index contributed by atoms with van der Waals surface area (Å²) in [6.45, 7) is 0.463. The zero-order valence-electron chi connectivity index (χ0n) is 12.6. The van der Waals surface area contributed by atoms with Crippen LogP contribution < -0.4 is 4.90 Å². The lowest BCUT2D eigenvalue weighted by Gasteiger charge is -2.49. The zero-order valence-corrected chi connectivity index (χ0v) is 12.6. The van der Waals surface area contributed by atoms with Gasteiger partial charge in [-0.2, -0.15) is 13.2 Å². The van der Waals surface area contributed by atoms with Crippen molar-refractivity contribution in [1.82, 2.24) is 4.90 Å². The van der Waals surface area contributed by atoms with Crippen molar-refractivity contribution in [2.45, 2.75) is 43.2 Å². The van der Waals surface area contributed by atoms with Crippen LogP contribution in [0, 0.1) is 5.92 Å². The van der Waals surface area contributed by atoms with Crippen molar-refractivity contribution >= 4 is 11.6 Å². The molecule has 1 aliphatic carbocycles. The molecular formula is C16H17F3N2O2. The van der Waals surface area contributed by atoms with Gasteiger partial charge in [-0.1, -0.05) is 18.2 Å². The van der Waals surface area contributed by atoms with Gasteiger partial charge in [0.05, 0.1) is 5.69 Å². The van der Waals surface area contributed by atoms with E-state index >= 15 is 0 Å². The Labute approximate surface area is 131 Å². The second-order valence-electron chi connectivity index (χ2n) is 6.71. The normalized spacial score (nSPS) is 36.8. The molecule has 4 nitrogen and oxygen atoms in total. The number of fused-ring (bicyclic) bond motifs is 2. The number of hydrogen-bond donors (Lipinski definition) is 1. The number of aliphatic hydroxyl groups is 1. The molecule has 1 saturated carbocycles. The summed E-state index contributed by atoms with van der Waals surface area (Å²) in [5, 5.41) is 10.5. The average molecular weight is 326 g/mol. The number of hydrogen-bond acceptors (Lipinski definition) is 3. The van der Waals surface area contributed by atoms with Crippen LogP contribution in [0.25, 0.3) is 0 Å². The van der Waals surface area contributed by atoms with Crippen molar-refractivity contribution in [3.8, 4) is 0 Å². The molecule has 1 N–H and O–H groups in total. The summed E-state index contributed by atoms with van der Waals surface area (Å²) < 4.78 is 41.0. The van der Waals surface area contributed by atoms with Crippen LogP contribution in [-0.2, 0) is 11.3 Å². The number of alkyl halides is 3. The molecule has 1 saturated heterocycles. The van der Waals surface area contributed by atoms with E-state index in [9.17, 15) is 23.1 Å². The van der Waals surface area contributed by atoms with Crippen molar-refractivity contribution < 1.29 is 23.1 Å². The molecule has 0 bridgehead atoms. The molecule has 2 heterocycles. The number of para-hydroxylation sites is 1. The molecule has 0 radical (unpaired) electrons. The Balaban J connectivity index is 1.99. The average Bonchev–Trinajstić information content (AvgIpc) is 2.98. The monoisotopic (exact) mass is 326 g/mol. The summed E-state index contributed by atoms with van der Waals surface area (Å²) in [5.41, 5.74) is -3.11. The van der Waals surface area contributed by atoms with Gasteiger partial charge in [-0.3, -0.25) is 14.6 Å². The summed E-state index contributed by atoms with van der Waals surface area (Å²) in [6.07, 6.45) is -3.81. The number of amides is 1. The maximum atomic E-state index is 13.7. The number of rotatable bonds is 0. The van der Waals surface area contributed by atoms with Crippen LogP contribution in [0.1, 0.15) is 24.8 Å². The minimum Gasteiger partial charge on any atom is -0.372 e. The van der Waals surface area contributed by atoms with Crippen LogP contribution in [0.4, 0.5) is 18.9 Å². The fraction of sp³-hybridized carbons (Fsp3) is 0.562. The lowest BCUT2D eigenvalue weighted by Crippen LogP contribution is -2.61. The lowest BCUT2D eigenvalue weighted by atomic mass is 9.82. The Bertz CT molecular complexity index is 692. The number of carbonyl (C=O) groups is 1. The van der Waals surface area contributed by atoms with Gasteiger partial charge in [-0.05, 0) is 37.9 Å².